The number of amides is 4. The molecular formula is C21H23N3O3S2. The Morgan fingerprint density at radius 2 is 2.00 bits per heavy atom. The number of fused-ring (bicyclic) bond motifs is 3. The Morgan fingerprint density at radius 3 is 2.83 bits per heavy atom. The monoisotopic (exact) mass is 429 g/mol. The van der Waals surface area contributed by atoms with E-state index in [1.165, 1.54) is 10.4 Å². The number of imide groups is 1. The number of hydrogen-bond donors (Lipinski definition) is 1. The smallest absolute Gasteiger partial charge is 0.325 e. The van der Waals surface area contributed by atoms with Crippen molar-refractivity contribution in [3.05, 3.63) is 43.8 Å². The number of hydrogen-bond acceptors (Lipinski definition) is 5. The van der Waals surface area contributed by atoms with Gasteiger partial charge in [-0.15, -0.1) is 22.7 Å². The van der Waals surface area contributed by atoms with Crippen molar-refractivity contribution in [1.82, 2.24) is 15.1 Å². The Bertz CT molecular complexity index is 997. The highest BCUT2D eigenvalue weighted by Crippen LogP contribution is 2.42. The summed E-state index contributed by atoms with van der Waals surface area (Å²) in [6.07, 6.45) is 4.03. The fourth-order valence-corrected chi connectivity index (χ4v) is 6.97. The van der Waals surface area contributed by atoms with Crippen LogP contribution in [-0.2, 0) is 28.0 Å². The molecule has 2 aromatic heterocycles. The maximum atomic E-state index is 13.4. The zero-order valence-electron chi connectivity index (χ0n) is 16.3. The van der Waals surface area contributed by atoms with Gasteiger partial charge in [0.25, 0.3) is 5.91 Å². The van der Waals surface area contributed by atoms with Gasteiger partial charge in [-0.2, -0.15) is 0 Å². The summed E-state index contributed by atoms with van der Waals surface area (Å²) in [6.45, 7) is 2.51. The lowest BCUT2D eigenvalue weighted by Crippen LogP contribution is -2.48. The van der Waals surface area contributed by atoms with Gasteiger partial charge in [0.15, 0.2) is 0 Å². The van der Waals surface area contributed by atoms with Crippen molar-refractivity contribution in [3.63, 3.8) is 0 Å². The van der Waals surface area contributed by atoms with Gasteiger partial charge >= 0.3 is 6.03 Å². The number of nitrogens with zero attached hydrogens (tertiary/aromatic N) is 2. The third-order valence-electron chi connectivity index (χ3n) is 6.43. The van der Waals surface area contributed by atoms with Crippen LogP contribution in [0.4, 0.5) is 4.79 Å². The van der Waals surface area contributed by atoms with Gasteiger partial charge in [0.05, 0.1) is 6.04 Å². The summed E-state index contributed by atoms with van der Waals surface area (Å²) in [5.41, 5.74) is 1.13. The molecule has 4 heterocycles. The standard InChI is InChI=1S/C21H23N3O3S2/c1-2-15-13-6-10-28-16(13)5-9-23(15)18(25)12-24-19(26)21(22-20(24)27)8-3-4-17-14(21)7-11-29-17/h6-7,10-11,15H,2-5,8-9,12H2,1H3,(H,22,27). The predicted molar refractivity (Wildman–Crippen MR) is 112 cm³/mol. The van der Waals surface area contributed by atoms with Gasteiger partial charge in [-0.1, -0.05) is 6.92 Å². The predicted octanol–water partition coefficient (Wildman–Crippen LogP) is 3.43. The van der Waals surface area contributed by atoms with E-state index in [-0.39, 0.29) is 24.4 Å². The number of rotatable bonds is 3. The van der Waals surface area contributed by atoms with E-state index in [9.17, 15) is 14.4 Å². The Kier molecular flexibility index (Phi) is 4.51. The van der Waals surface area contributed by atoms with E-state index in [1.807, 2.05) is 16.3 Å². The van der Waals surface area contributed by atoms with Crippen molar-refractivity contribution in [2.45, 2.75) is 50.6 Å². The zero-order valence-corrected chi connectivity index (χ0v) is 17.9. The fourth-order valence-electron chi connectivity index (χ4n) is 5.05. The molecular weight excluding hydrogens is 406 g/mol. The number of aryl methyl sites for hydroxylation is 1. The van der Waals surface area contributed by atoms with Crippen LogP contribution in [0.25, 0.3) is 0 Å². The molecule has 5 rings (SSSR count). The second kappa shape index (κ2) is 6.95. The Balaban J connectivity index is 1.38. The lowest BCUT2D eigenvalue weighted by molar-refractivity contribution is -0.141. The summed E-state index contributed by atoms with van der Waals surface area (Å²) < 4.78 is 0. The molecule has 2 unspecified atom stereocenters. The van der Waals surface area contributed by atoms with E-state index in [4.69, 9.17) is 0 Å². The van der Waals surface area contributed by atoms with E-state index >= 15 is 0 Å². The van der Waals surface area contributed by atoms with Gasteiger partial charge in [0.2, 0.25) is 5.91 Å². The van der Waals surface area contributed by atoms with Crippen molar-refractivity contribution in [1.29, 1.82) is 0 Å². The van der Waals surface area contributed by atoms with Crippen molar-refractivity contribution < 1.29 is 14.4 Å². The molecule has 8 heteroatoms. The molecule has 2 aliphatic heterocycles. The minimum absolute atomic E-state index is 0.0189. The lowest BCUT2D eigenvalue weighted by atomic mass is 9.80. The number of thiophene rings is 2. The van der Waals surface area contributed by atoms with Crippen LogP contribution in [0.1, 0.15) is 53.1 Å². The number of carbonyl (C=O) groups is 3. The minimum Gasteiger partial charge on any atom is -0.334 e. The Morgan fingerprint density at radius 1 is 1.21 bits per heavy atom. The van der Waals surface area contributed by atoms with Crippen LogP contribution in [-0.4, -0.2) is 40.7 Å². The van der Waals surface area contributed by atoms with Crippen LogP contribution >= 0.6 is 22.7 Å². The van der Waals surface area contributed by atoms with E-state index < -0.39 is 11.6 Å². The molecule has 29 heavy (non-hydrogen) atoms. The average Bonchev–Trinajstić information content (AvgIpc) is 3.43. The van der Waals surface area contributed by atoms with Crippen LogP contribution < -0.4 is 5.32 Å². The molecule has 3 aliphatic rings. The summed E-state index contributed by atoms with van der Waals surface area (Å²) >= 11 is 3.36. The molecule has 2 aromatic rings. The molecule has 2 atom stereocenters. The van der Waals surface area contributed by atoms with Crippen LogP contribution in [0.15, 0.2) is 22.9 Å². The van der Waals surface area contributed by atoms with Crippen LogP contribution in [0.5, 0.6) is 0 Å². The third kappa shape index (κ3) is 2.76. The van der Waals surface area contributed by atoms with E-state index in [2.05, 4.69) is 23.7 Å². The number of carbonyl (C=O) groups excluding carboxylic acids is 3. The normalized spacial score (nSPS) is 25.9. The molecule has 152 valence electrons. The van der Waals surface area contributed by atoms with Gasteiger partial charge in [0.1, 0.15) is 12.1 Å². The van der Waals surface area contributed by atoms with Gasteiger partial charge in [-0.3, -0.25) is 14.5 Å². The first-order valence-electron chi connectivity index (χ1n) is 10.1. The highest BCUT2D eigenvalue weighted by molar-refractivity contribution is 7.10. The van der Waals surface area contributed by atoms with E-state index in [0.717, 1.165) is 41.0 Å². The van der Waals surface area contributed by atoms with Gasteiger partial charge in [-0.05, 0) is 60.6 Å². The van der Waals surface area contributed by atoms with E-state index in [1.54, 1.807) is 22.7 Å². The number of nitrogens with one attached hydrogen (secondary N) is 1. The average molecular weight is 430 g/mol. The van der Waals surface area contributed by atoms with Crippen molar-refractivity contribution in [2.75, 3.05) is 13.1 Å². The third-order valence-corrected chi connectivity index (χ3v) is 8.41. The Hall–Kier alpha value is -2.19. The first kappa shape index (κ1) is 18.8. The van der Waals surface area contributed by atoms with Crippen LogP contribution in [0.2, 0.25) is 0 Å². The summed E-state index contributed by atoms with van der Waals surface area (Å²) in [5, 5.41) is 6.98. The molecule has 0 bridgehead atoms. The van der Waals surface area contributed by atoms with Gasteiger partial charge in [-0.25, -0.2) is 4.79 Å². The maximum absolute atomic E-state index is 13.4. The van der Waals surface area contributed by atoms with E-state index in [0.29, 0.717) is 13.0 Å². The SMILES string of the molecule is CCC1c2ccsc2CCN1C(=O)CN1C(=O)NC2(CCCc3sccc32)C1=O. The molecule has 0 radical (unpaired) electrons. The first-order valence-corrected chi connectivity index (χ1v) is 11.9. The molecule has 1 saturated heterocycles. The number of urea groups is 1. The minimum atomic E-state index is -0.989. The zero-order chi connectivity index (χ0) is 20.2. The molecule has 1 spiro atoms. The first-order chi connectivity index (χ1) is 14.0. The molecule has 1 N–H and O–H groups in total. The highest BCUT2D eigenvalue weighted by Gasteiger charge is 2.55. The molecule has 4 amide bonds. The molecule has 0 saturated carbocycles. The largest absolute Gasteiger partial charge is 0.334 e. The second-order valence-corrected chi connectivity index (χ2v) is 9.90. The fraction of sp³-hybridized carbons (Fsp3) is 0.476. The lowest BCUT2D eigenvalue weighted by Gasteiger charge is -2.36. The second-order valence-electron chi connectivity index (χ2n) is 7.90. The molecule has 6 nitrogen and oxygen atoms in total. The van der Waals surface area contributed by atoms with Gasteiger partial charge in [0, 0.05) is 21.9 Å². The topological polar surface area (TPSA) is 69.7 Å². The summed E-state index contributed by atoms with van der Waals surface area (Å²) in [4.78, 5) is 44.7. The van der Waals surface area contributed by atoms with Crippen molar-refractivity contribution in [2.24, 2.45) is 0 Å². The van der Waals surface area contributed by atoms with Crippen LogP contribution in [0.3, 0.4) is 0 Å². The van der Waals surface area contributed by atoms with Gasteiger partial charge < -0.3 is 10.2 Å². The van der Waals surface area contributed by atoms with Crippen molar-refractivity contribution in [3.8, 4) is 0 Å². The van der Waals surface area contributed by atoms with Crippen LogP contribution in [0, 0.1) is 0 Å². The molecule has 1 fully saturated rings. The van der Waals surface area contributed by atoms with Crippen molar-refractivity contribution >= 4 is 40.5 Å². The quantitative estimate of drug-likeness (QED) is 0.760. The Labute approximate surface area is 177 Å². The highest BCUT2D eigenvalue weighted by atomic mass is 32.1. The molecule has 0 aromatic carbocycles. The maximum Gasteiger partial charge on any atom is 0.325 e. The summed E-state index contributed by atoms with van der Waals surface area (Å²) in [5.74, 6) is -0.438. The summed E-state index contributed by atoms with van der Waals surface area (Å²) in [7, 11) is 0. The summed E-state index contributed by atoms with van der Waals surface area (Å²) in [6, 6.07) is 3.60. The molecule has 1 aliphatic carbocycles.